The first-order chi connectivity index (χ1) is 60.5. The average molecular weight is 1740 g/mol. The lowest BCUT2D eigenvalue weighted by molar-refractivity contribution is -0.139. The molecule has 9 aliphatic carbocycles. The van der Waals surface area contributed by atoms with Crippen LogP contribution in [0.15, 0.2) is 91.4 Å². The molecule has 0 bridgehead atoms. The molecule has 0 aliphatic heterocycles. The Kier molecular flexibility index (Phi) is 26.7. The molecule has 7 aromatic rings. The van der Waals surface area contributed by atoms with Crippen molar-refractivity contribution >= 4 is 35.8 Å². The molecule has 15 atom stereocenters. The Morgan fingerprint density at radius 1 is 0.357 bits per heavy atom. The van der Waals surface area contributed by atoms with E-state index in [2.05, 4.69) is 125 Å². The molecule has 6 fully saturated rings. The van der Waals surface area contributed by atoms with Crippen LogP contribution in [-0.2, 0) is 104 Å². The van der Waals surface area contributed by atoms with Crippen LogP contribution in [0.4, 0.5) is 0 Å². The second-order valence-corrected chi connectivity index (χ2v) is 39.0. The number of carboxylic acid groups (broad SMARTS) is 6. The van der Waals surface area contributed by atoms with Crippen molar-refractivity contribution in [2.24, 2.45) is 51.8 Å². The Balaban J connectivity index is 0.578. The Hall–Kier alpha value is -9.72. The summed E-state index contributed by atoms with van der Waals surface area (Å²) in [7, 11) is 0. The number of aliphatic hydroxyl groups is 3. The Morgan fingerprint density at radius 3 is 0.873 bits per heavy atom. The standard InChI is InChI=1S/C96H126N12O18/c1-91-31-19-73-70-16-10-67(52-64(70)7-13-76(73)79(91)22-34-94(91,121)82-55-106(100-97-82)40-4-37-103(43-25-85(109)110)44-26-86(111)112)124-58-61-49-62(59-125-68-11-17-71-65(53-68)8-14-77-74(71)20-32-92(2)80(77)23-35-95(92,122)83-56-107(101-98-83)41-5-38-104(45-27-87(113)114)46-28-88(115)116)51-63(50-61)60-126-69-12-18-72-66(54-69)9-15-78-75(72)21-33-93(3)81(78)24-36-96(93,123)84-57-108(102-99-84)42-6-39-105(47-29-89(117)118)48-30-90(119)120/h10-12,16-18,49-57,73-81,121-123H,4-9,13-15,19-48,58-60H2,1-3H3,(H,109,110)(H,111,112)(H,113,114)(H,115,116)(H,117,118)(H,119,120)/t73-,74-,75-,76-,77-,78-,79+,80+,81+,91+,92+,93+,94-,95-,96-/m1/s1. The van der Waals surface area contributed by atoms with E-state index < -0.39 is 68.9 Å². The maximum atomic E-state index is 12.8. The van der Waals surface area contributed by atoms with E-state index in [4.69, 9.17) is 14.2 Å². The van der Waals surface area contributed by atoms with Crippen molar-refractivity contribution in [1.82, 2.24) is 59.7 Å². The zero-order chi connectivity index (χ0) is 88.5. The number of ether oxygens (including phenoxy) is 3. The summed E-state index contributed by atoms with van der Waals surface area (Å²) in [6.45, 7) is 12.3. The summed E-state index contributed by atoms with van der Waals surface area (Å²) >= 11 is 0. The molecule has 9 N–H and O–H groups in total. The van der Waals surface area contributed by atoms with Crippen LogP contribution in [0.25, 0.3) is 0 Å². The van der Waals surface area contributed by atoms with Gasteiger partial charge in [-0.05, 0) is 312 Å². The largest absolute Gasteiger partial charge is 0.489 e. The lowest BCUT2D eigenvalue weighted by atomic mass is 9.53. The zero-order valence-electron chi connectivity index (χ0n) is 73.1. The van der Waals surface area contributed by atoms with E-state index in [0.29, 0.717) is 150 Å². The van der Waals surface area contributed by atoms with Crippen molar-refractivity contribution in [3.63, 3.8) is 0 Å². The van der Waals surface area contributed by atoms with Crippen molar-refractivity contribution in [1.29, 1.82) is 0 Å². The summed E-state index contributed by atoms with van der Waals surface area (Å²) in [6.07, 6.45) is 22.5. The van der Waals surface area contributed by atoms with Crippen molar-refractivity contribution in [2.45, 2.75) is 268 Å². The summed E-state index contributed by atoms with van der Waals surface area (Å²) < 4.78 is 25.7. The van der Waals surface area contributed by atoms with Gasteiger partial charge in [-0.1, -0.05) is 54.6 Å². The van der Waals surface area contributed by atoms with E-state index in [1.165, 1.54) is 33.4 Å². The molecule has 0 amide bonds. The molecule has 126 heavy (non-hydrogen) atoms. The van der Waals surface area contributed by atoms with E-state index in [1.807, 2.05) is 33.3 Å². The summed E-state index contributed by atoms with van der Waals surface area (Å²) in [4.78, 5) is 73.7. The zero-order valence-corrected chi connectivity index (χ0v) is 73.1. The molecule has 678 valence electrons. The van der Waals surface area contributed by atoms with Gasteiger partial charge in [0.15, 0.2) is 0 Å². The summed E-state index contributed by atoms with van der Waals surface area (Å²) in [5.74, 6) is -0.112. The van der Waals surface area contributed by atoms with Gasteiger partial charge in [0.25, 0.3) is 0 Å². The topological polar surface area (TPSA) is 414 Å². The van der Waals surface area contributed by atoms with Crippen molar-refractivity contribution in [3.05, 3.63) is 159 Å². The van der Waals surface area contributed by atoms with Gasteiger partial charge in [-0.15, -0.1) is 15.3 Å². The Labute approximate surface area is 735 Å². The Morgan fingerprint density at radius 2 is 0.619 bits per heavy atom. The number of aliphatic carboxylic acids is 6. The molecule has 30 heteroatoms. The first kappa shape index (κ1) is 89.7. The van der Waals surface area contributed by atoms with Crippen LogP contribution in [0.2, 0.25) is 0 Å². The van der Waals surface area contributed by atoms with Gasteiger partial charge in [0.1, 0.15) is 71.0 Å². The molecule has 0 spiro atoms. The van der Waals surface area contributed by atoms with Gasteiger partial charge in [-0.3, -0.25) is 42.8 Å². The highest BCUT2D eigenvalue weighted by Crippen LogP contribution is 2.70. The average Bonchev–Trinajstić information content (AvgIpc) is 1.55. The van der Waals surface area contributed by atoms with Crippen LogP contribution in [-0.4, -0.2) is 200 Å². The predicted molar refractivity (Wildman–Crippen MR) is 461 cm³/mol. The Bertz CT molecular complexity index is 4550. The highest BCUT2D eigenvalue weighted by molar-refractivity contribution is 5.69. The normalized spacial score (nSPS) is 28.5. The number of hydrogen-bond acceptors (Lipinski definition) is 21. The minimum absolute atomic E-state index is 0.0740. The summed E-state index contributed by atoms with van der Waals surface area (Å²) in [5.41, 5.74) is 8.08. The molecular formula is C96H126N12O18. The number of hydrogen-bond donors (Lipinski definition) is 9. The molecule has 6 saturated carbocycles. The highest BCUT2D eigenvalue weighted by atomic mass is 16.5. The molecule has 4 aromatic carbocycles. The number of carboxylic acids is 6. The molecule has 3 heterocycles. The van der Waals surface area contributed by atoms with E-state index in [1.54, 1.807) is 14.0 Å². The number of carbonyl (C=O) groups is 6. The quantitative estimate of drug-likeness (QED) is 0.0172. The molecule has 16 rings (SSSR count). The van der Waals surface area contributed by atoms with Crippen LogP contribution in [0.5, 0.6) is 17.2 Å². The molecular weight excluding hydrogens is 1610 g/mol. The molecule has 30 nitrogen and oxygen atoms in total. The maximum Gasteiger partial charge on any atom is 0.304 e. The SMILES string of the molecule is C[C@]12CC[C@@H]3c4ccc(OCc5cc(COc6ccc7c(c6)CC[C@@H]6[C@@H]7CC[C@@]7(C)[C@H]6CC[C@@]7(O)c6cn(CCCN(CCC(=O)O)CCC(=O)O)nn6)cc(COc6ccc7c(c6)CC[C@@H]6[C@@H]7CC[C@@]7(C)[C@H]6CC[C@@]7(O)c6cn(CCCN(CCC(=O)O)CCC(=O)O)nn6)c5)cc4CC[C@H]3[C@@H]1CC[C@@]2(O)c1cn(CCCN(CCC(=O)O)CCC(=O)O)nn1. The first-order valence-electron chi connectivity index (χ1n) is 46.2. The number of benzene rings is 4. The first-order valence-corrected chi connectivity index (χ1v) is 46.2. The van der Waals surface area contributed by atoms with Crippen LogP contribution >= 0.6 is 0 Å². The molecule has 0 saturated heterocycles. The highest BCUT2D eigenvalue weighted by Gasteiger charge is 2.66. The van der Waals surface area contributed by atoms with E-state index in [-0.39, 0.29) is 95.5 Å². The molecule has 9 aliphatic rings. The van der Waals surface area contributed by atoms with Gasteiger partial charge in [-0.25, -0.2) is 0 Å². The second kappa shape index (κ2) is 37.5. The maximum absolute atomic E-state index is 12.8. The third kappa shape index (κ3) is 18.5. The molecule has 0 unspecified atom stereocenters. The van der Waals surface area contributed by atoms with Gasteiger partial charge >= 0.3 is 35.8 Å². The summed E-state index contributed by atoms with van der Waals surface area (Å²) in [5, 5.41) is 121. The van der Waals surface area contributed by atoms with Gasteiger partial charge in [0.2, 0.25) is 0 Å². The van der Waals surface area contributed by atoms with Crippen LogP contribution in [0.1, 0.15) is 260 Å². The fraction of sp³-hybridized carbons (Fsp3) is 0.625. The van der Waals surface area contributed by atoms with Gasteiger partial charge in [-0.2, -0.15) is 0 Å². The van der Waals surface area contributed by atoms with Crippen LogP contribution in [0, 0.1) is 51.8 Å². The molecule has 3 aromatic heterocycles. The number of fused-ring (bicyclic) bond motifs is 15. The van der Waals surface area contributed by atoms with Crippen molar-refractivity contribution in [2.75, 3.05) is 58.9 Å². The van der Waals surface area contributed by atoms with Gasteiger partial charge in [0.05, 0.1) is 57.1 Å². The minimum Gasteiger partial charge on any atom is -0.489 e. The number of rotatable bonds is 42. The monoisotopic (exact) mass is 1730 g/mol. The third-order valence-electron chi connectivity index (χ3n) is 32.2. The smallest absolute Gasteiger partial charge is 0.304 e. The fourth-order valence-electron chi connectivity index (χ4n) is 25.5. The summed E-state index contributed by atoms with van der Waals surface area (Å²) in [6, 6.07) is 26.5. The molecule has 0 radical (unpaired) electrons. The lowest BCUT2D eigenvalue weighted by Gasteiger charge is -2.52. The minimum atomic E-state index is -1.15. The van der Waals surface area contributed by atoms with Crippen LogP contribution in [0.3, 0.4) is 0 Å². The van der Waals surface area contributed by atoms with Crippen LogP contribution < -0.4 is 14.2 Å². The van der Waals surface area contributed by atoms with E-state index >= 15 is 0 Å². The fourth-order valence-corrected chi connectivity index (χ4v) is 25.5. The number of aromatic nitrogens is 9. The third-order valence-corrected chi connectivity index (χ3v) is 32.2. The number of aryl methyl sites for hydroxylation is 6. The predicted octanol–water partition coefficient (Wildman–Crippen LogP) is 12.4. The lowest BCUT2D eigenvalue weighted by Crippen LogP contribution is -2.49. The van der Waals surface area contributed by atoms with Crippen molar-refractivity contribution in [3.8, 4) is 17.2 Å². The van der Waals surface area contributed by atoms with E-state index in [9.17, 15) is 74.7 Å². The van der Waals surface area contributed by atoms with Gasteiger partial charge < -0.3 is 74.9 Å². The van der Waals surface area contributed by atoms with Crippen molar-refractivity contribution < 1.29 is 88.9 Å². The van der Waals surface area contributed by atoms with E-state index in [0.717, 1.165) is 130 Å². The second-order valence-electron chi connectivity index (χ2n) is 39.0. The number of nitrogens with zero attached hydrogens (tertiary/aromatic N) is 12. The van der Waals surface area contributed by atoms with Gasteiger partial charge in [0, 0.05) is 75.1 Å².